The molecular weight excluding hydrogens is 367 g/mol. The molecule has 0 N–H and O–H groups in total. The minimum absolute atomic E-state index is 0.0692. The number of hydrogen-bond acceptors (Lipinski definition) is 3. The van der Waals surface area contributed by atoms with Gasteiger partial charge >= 0.3 is 6.18 Å². The van der Waals surface area contributed by atoms with Crippen LogP contribution in [0, 0.1) is 5.92 Å². The summed E-state index contributed by atoms with van der Waals surface area (Å²) in [4.78, 5) is 21.7. The lowest BCUT2D eigenvalue weighted by Crippen LogP contribution is -2.44. The molecular formula is C21H26F3N3O. The normalized spacial score (nSPS) is 20.9. The summed E-state index contributed by atoms with van der Waals surface area (Å²) in [5.41, 5.74) is 3.35. The van der Waals surface area contributed by atoms with Crippen LogP contribution in [0.2, 0.25) is 0 Å². The molecule has 1 fully saturated rings. The zero-order valence-corrected chi connectivity index (χ0v) is 16.5. The van der Waals surface area contributed by atoms with E-state index < -0.39 is 18.5 Å². The van der Waals surface area contributed by atoms with Gasteiger partial charge in [0.1, 0.15) is 6.42 Å². The number of aliphatic imine (C=N–C) groups is 2. The van der Waals surface area contributed by atoms with Gasteiger partial charge < -0.3 is 4.90 Å². The first-order valence-corrected chi connectivity index (χ1v) is 9.23. The Morgan fingerprint density at radius 2 is 2.07 bits per heavy atom. The van der Waals surface area contributed by atoms with Crippen molar-refractivity contribution in [3.63, 3.8) is 0 Å². The van der Waals surface area contributed by atoms with E-state index in [2.05, 4.69) is 16.7 Å². The van der Waals surface area contributed by atoms with Crippen molar-refractivity contribution in [2.24, 2.45) is 15.9 Å². The number of allylic oxidation sites excluding steroid dienone is 1. The minimum Gasteiger partial charge on any atom is -0.342 e. The molecule has 1 saturated heterocycles. The highest BCUT2D eigenvalue weighted by Crippen LogP contribution is 2.38. The van der Waals surface area contributed by atoms with Gasteiger partial charge in [-0.1, -0.05) is 31.2 Å². The molecule has 0 radical (unpaired) electrons. The Morgan fingerprint density at radius 1 is 1.36 bits per heavy atom. The molecule has 2 rings (SSSR count). The molecule has 1 aromatic carbocycles. The molecule has 7 heteroatoms. The van der Waals surface area contributed by atoms with Crippen LogP contribution in [0.15, 0.2) is 28.2 Å². The predicted molar refractivity (Wildman–Crippen MR) is 108 cm³/mol. The Hall–Kier alpha value is -2.44. The number of benzene rings is 1. The van der Waals surface area contributed by atoms with Gasteiger partial charge in [-0.25, -0.2) is 0 Å². The molecule has 0 aliphatic carbocycles. The fraction of sp³-hybridized carbons (Fsp3) is 0.476. The van der Waals surface area contributed by atoms with Crippen LogP contribution in [0.1, 0.15) is 49.3 Å². The summed E-state index contributed by atoms with van der Waals surface area (Å²) in [6, 6.07) is 3.84. The number of nitrogens with zero attached hydrogens (tertiary/aromatic N) is 3. The average Bonchev–Trinajstić information content (AvgIpc) is 2.60. The Bertz CT molecular complexity index is 784. The van der Waals surface area contributed by atoms with Gasteiger partial charge in [-0.05, 0) is 31.5 Å². The second kappa shape index (κ2) is 9.17. The monoisotopic (exact) mass is 393 g/mol. The first-order valence-electron chi connectivity index (χ1n) is 9.23. The summed E-state index contributed by atoms with van der Waals surface area (Å²) in [5, 5.41) is 0. The van der Waals surface area contributed by atoms with E-state index in [1.54, 1.807) is 13.3 Å². The number of carbonyl (C=O) groups excluding carboxylic acids is 1. The second-order valence-corrected chi connectivity index (χ2v) is 7.18. The van der Waals surface area contributed by atoms with Gasteiger partial charge in [0, 0.05) is 43.4 Å². The zero-order chi connectivity index (χ0) is 20.9. The number of piperidine rings is 1. The molecule has 2 atom stereocenters. The molecule has 28 heavy (non-hydrogen) atoms. The predicted octanol–water partition coefficient (Wildman–Crippen LogP) is 5.00. The van der Waals surface area contributed by atoms with Gasteiger partial charge in [0.15, 0.2) is 0 Å². The van der Waals surface area contributed by atoms with Crippen molar-refractivity contribution in [1.29, 1.82) is 0 Å². The smallest absolute Gasteiger partial charge is 0.342 e. The van der Waals surface area contributed by atoms with Gasteiger partial charge in [0.05, 0.1) is 5.69 Å². The van der Waals surface area contributed by atoms with Crippen LogP contribution in [0.5, 0.6) is 0 Å². The first kappa shape index (κ1) is 21.9. The topological polar surface area (TPSA) is 45.0 Å². The molecule has 4 nitrogen and oxygen atoms in total. The molecule has 1 heterocycles. The summed E-state index contributed by atoms with van der Waals surface area (Å²) in [7, 11) is 1.67. The fourth-order valence-corrected chi connectivity index (χ4v) is 3.82. The lowest BCUT2D eigenvalue weighted by atomic mass is 9.82. The minimum atomic E-state index is -4.50. The van der Waals surface area contributed by atoms with Gasteiger partial charge in [0.2, 0.25) is 5.91 Å². The highest BCUT2D eigenvalue weighted by molar-refractivity contribution is 5.91. The lowest BCUT2D eigenvalue weighted by Gasteiger charge is -2.37. The lowest BCUT2D eigenvalue weighted by molar-refractivity contribution is -0.162. The number of rotatable bonds is 5. The number of carbonyl (C=O) groups is 1. The molecule has 0 spiro atoms. The number of likely N-dealkylation sites (tertiary alicyclic amines) is 1. The maximum Gasteiger partial charge on any atom is 0.397 e. The van der Waals surface area contributed by atoms with Gasteiger partial charge in [0.25, 0.3) is 0 Å². The Morgan fingerprint density at radius 3 is 2.64 bits per heavy atom. The highest BCUT2D eigenvalue weighted by atomic mass is 19.4. The SMILES string of the molecule is C=Nc1c(/C=N/C)ccc([C@@H]2CC(C)CN(C(=O)CC(F)(F)F)C2)c1/C=C\C. The van der Waals surface area contributed by atoms with Crippen LogP contribution >= 0.6 is 0 Å². The van der Waals surface area contributed by atoms with Crippen molar-refractivity contribution < 1.29 is 18.0 Å². The number of hydrogen-bond donors (Lipinski definition) is 0. The van der Waals surface area contributed by atoms with E-state index in [-0.39, 0.29) is 18.4 Å². The van der Waals surface area contributed by atoms with E-state index in [0.29, 0.717) is 12.2 Å². The van der Waals surface area contributed by atoms with Crippen molar-refractivity contribution in [1.82, 2.24) is 4.90 Å². The zero-order valence-electron chi connectivity index (χ0n) is 16.5. The van der Waals surface area contributed by atoms with Gasteiger partial charge in [-0.3, -0.25) is 14.8 Å². The van der Waals surface area contributed by atoms with Crippen LogP contribution in [0.25, 0.3) is 6.08 Å². The molecule has 1 aromatic rings. The van der Waals surface area contributed by atoms with E-state index >= 15 is 0 Å². The number of halogens is 3. The number of alkyl halides is 3. The van der Waals surface area contributed by atoms with Crippen molar-refractivity contribution in [2.45, 2.75) is 38.8 Å². The maximum absolute atomic E-state index is 12.7. The van der Waals surface area contributed by atoms with Gasteiger partial charge in [-0.2, -0.15) is 13.2 Å². The molecule has 1 unspecified atom stereocenters. The Labute approximate surface area is 163 Å². The largest absolute Gasteiger partial charge is 0.397 e. The third-order valence-corrected chi connectivity index (χ3v) is 4.85. The molecule has 152 valence electrons. The summed E-state index contributed by atoms with van der Waals surface area (Å²) in [5.74, 6) is -0.833. The van der Waals surface area contributed by atoms with Crippen molar-refractivity contribution in [2.75, 3.05) is 20.1 Å². The van der Waals surface area contributed by atoms with E-state index in [1.807, 2.05) is 38.1 Å². The maximum atomic E-state index is 12.7. The van der Waals surface area contributed by atoms with Crippen molar-refractivity contribution in [3.8, 4) is 0 Å². The molecule has 0 saturated carbocycles. The first-order chi connectivity index (χ1) is 13.2. The molecule has 1 aliphatic rings. The quantitative estimate of drug-likeness (QED) is 0.649. The van der Waals surface area contributed by atoms with Crippen molar-refractivity contribution >= 4 is 30.6 Å². The highest BCUT2D eigenvalue weighted by Gasteiger charge is 2.37. The summed E-state index contributed by atoms with van der Waals surface area (Å²) in [6.07, 6.45) is 0.387. The van der Waals surface area contributed by atoms with E-state index in [9.17, 15) is 18.0 Å². The molecule has 0 bridgehead atoms. The van der Waals surface area contributed by atoms with Crippen LogP contribution in [0.4, 0.5) is 18.9 Å². The summed E-state index contributed by atoms with van der Waals surface area (Å²) >= 11 is 0. The molecule has 0 aromatic heterocycles. The van der Waals surface area contributed by atoms with Gasteiger partial charge in [-0.15, -0.1) is 0 Å². The average molecular weight is 393 g/mol. The van der Waals surface area contributed by atoms with Crippen molar-refractivity contribution in [3.05, 3.63) is 34.9 Å². The summed E-state index contributed by atoms with van der Waals surface area (Å²) in [6.45, 7) is 8.12. The van der Waals surface area contributed by atoms with E-state index in [1.165, 1.54) is 4.90 Å². The third kappa shape index (κ3) is 5.30. The van der Waals surface area contributed by atoms with Crippen LogP contribution < -0.4 is 0 Å². The van der Waals surface area contributed by atoms with Crippen LogP contribution in [0.3, 0.4) is 0 Å². The molecule has 1 aliphatic heterocycles. The second-order valence-electron chi connectivity index (χ2n) is 7.18. The van der Waals surface area contributed by atoms with Crippen LogP contribution in [-0.2, 0) is 4.79 Å². The fourth-order valence-electron chi connectivity index (χ4n) is 3.82. The van der Waals surface area contributed by atoms with Crippen LogP contribution in [-0.4, -0.2) is 50.1 Å². The third-order valence-electron chi connectivity index (χ3n) is 4.85. The Balaban J connectivity index is 2.42. The summed E-state index contributed by atoms with van der Waals surface area (Å²) < 4.78 is 38.0. The number of amides is 1. The standard InChI is InChI=1S/C21H26F3N3O/c1-5-6-18-17(8-7-15(11-25-3)20(18)26-4)16-9-14(2)12-27(13-16)19(28)10-21(22,23)24/h5-8,11,14,16H,4,9-10,12-13H2,1-3H3/b6-5-,25-11+/t14?,16-/m1/s1. The van der Waals surface area contributed by atoms with E-state index in [4.69, 9.17) is 0 Å². The molecule has 1 amide bonds. The van der Waals surface area contributed by atoms with E-state index in [0.717, 1.165) is 23.1 Å². The Kier molecular flexibility index (Phi) is 7.16.